The van der Waals surface area contributed by atoms with Crippen LogP contribution >= 0.6 is 0 Å². The molecule has 0 rings (SSSR count). The molecule has 0 aliphatic heterocycles. The van der Waals surface area contributed by atoms with Crippen LogP contribution in [0.3, 0.4) is 0 Å². The van der Waals surface area contributed by atoms with Gasteiger partial charge in [0.1, 0.15) is 0 Å². The second kappa shape index (κ2) is 8.88. The van der Waals surface area contributed by atoms with Crippen LogP contribution in [0.15, 0.2) is 0 Å². The van der Waals surface area contributed by atoms with E-state index in [2.05, 4.69) is 0 Å². The van der Waals surface area contributed by atoms with Crippen molar-refractivity contribution in [3.8, 4) is 0 Å². The van der Waals surface area contributed by atoms with E-state index in [0.717, 1.165) is 0 Å². The molecule has 0 spiro atoms. The van der Waals surface area contributed by atoms with Crippen molar-refractivity contribution in [1.82, 2.24) is 0 Å². The molecular formula is H2O5Re. The first-order chi connectivity index (χ1) is 2.73. The second-order valence-electron chi connectivity index (χ2n) is 0.189. The summed E-state index contributed by atoms with van der Waals surface area (Å²) in [6, 6.07) is 0. The summed E-state index contributed by atoms with van der Waals surface area (Å²) in [5, 5.41) is 12.0. The molecule has 0 saturated heterocycles. The van der Waals surface area contributed by atoms with Crippen molar-refractivity contribution in [2.75, 3.05) is 0 Å². The standard InChI is InChI=1S/H2O2.3O.Re/c1-2;;;;/h1-2H;;;;. The van der Waals surface area contributed by atoms with E-state index in [-0.39, 0.29) is 0 Å². The van der Waals surface area contributed by atoms with Crippen LogP contribution in [0, 0.1) is 0 Å². The van der Waals surface area contributed by atoms with Crippen molar-refractivity contribution < 1.29 is 37.6 Å². The molecule has 2 N–H and O–H groups in total. The van der Waals surface area contributed by atoms with Gasteiger partial charge in [-0.3, -0.25) is 10.5 Å². The molecule has 6 heavy (non-hydrogen) atoms. The van der Waals surface area contributed by atoms with E-state index in [1.807, 2.05) is 0 Å². The fraction of sp³-hybridized carbons (Fsp3) is 0. The number of rotatable bonds is 0. The average molecular weight is 268 g/mol. The van der Waals surface area contributed by atoms with E-state index in [9.17, 15) is 0 Å². The van der Waals surface area contributed by atoms with Gasteiger partial charge in [-0.25, -0.2) is 0 Å². The third kappa shape index (κ3) is 114000. The monoisotopic (exact) mass is 269 g/mol. The van der Waals surface area contributed by atoms with Gasteiger partial charge >= 0.3 is 27.0 Å². The molecule has 0 aromatic heterocycles. The molecule has 0 aliphatic carbocycles. The number of hydrogen-bond acceptors (Lipinski definition) is 5. The third-order valence-electron chi connectivity index (χ3n) is 0. The Bertz CT molecular complexity index is 73.3. The molecule has 5 nitrogen and oxygen atoms in total. The molecule has 0 aromatic rings. The molecule has 0 bridgehead atoms. The normalized spacial score (nSPS) is 5.00. The summed E-state index contributed by atoms with van der Waals surface area (Å²) in [5.74, 6) is 0. The Labute approximate surface area is 38.3 Å². The first-order valence-corrected chi connectivity index (χ1v) is 3.99. The molecule has 0 atom stereocenters. The predicted octanol–water partition coefficient (Wildman–Crippen LogP) is -0.341. The van der Waals surface area contributed by atoms with Crippen LogP contribution in [0.1, 0.15) is 0 Å². The Morgan fingerprint density at radius 2 is 1.00 bits per heavy atom. The third-order valence-corrected chi connectivity index (χ3v) is 0. The van der Waals surface area contributed by atoms with Gasteiger partial charge in [-0.1, -0.05) is 0 Å². The zero-order chi connectivity index (χ0) is 5.58. The van der Waals surface area contributed by atoms with Crippen molar-refractivity contribution in [3.05, 3.63) is 0 Å². The van der Waals surface area contributed by atoms with Gasteiger partial charge in [0.25, 0.3) is 0 Å². The predicted molar refractivity (Wildman–Crippen MR) is 7.32 cm³/mol. The molecule has 0 fully saturated rings. The topological polar surface area (TPSA) is 91.7 Å². The van der Waals surface area contributed by atoms with Gasteiger partial charge in [0.15, 0.2) is 0 Å². The molecule has 0 amide bonds. The van der Waals surface area contributed by atoms with Crippen LogP contribution in [0.5, 0.6) is 0 Å². The minimum absolute atomic E-state index is 4.21. The van der Waals surface area contributed by atoms with E-state index in [4.69, 9.17) is 20.9 Å². The fourth-order valence-electron chi connectivity index (χ4n) is 0. The van der Waals surface area contributed by atoms with Crippen LogP contribution in [0.2, 0.25) is 0 Å². The van der Waals surface area contributed by atoms with Gasteiger partial charge < -0.3 is 0 Å². The zero-order valence-corrected chi connectivity index (χ0v) is 5.21. The fourth-order valence-corrected chi connectivity index (χ4v) is 0. The van der Waals surface area contributed by atoms with E-state index < -0.39 is 16.6 Å². The quantitative estimate of drug-likeness (QED) is 0.463. The van der Waals surface area contributed by atoms with Crippen LogP contribution in [0.25, 0.3) is 0 Å². The second-order valence-corrected chi connectivity index (χ2v) is 1.55. The van der Waals surface area contributed by atoms with Gasteiger partial charge in [-0.2, -0.15) is 0 Å². The van der Waals surface area contributed by atoms with Gasteiger partial charge in [0, 0.05) is 0 Å². The van der Waals surface area contributed by atoms with Crippen LogP contribution in [-0.4, -0.2) is 10.5 Å². The summed E-state index contributed by atoms with van der Waals surface area (Å²) >= 11 is -4.21. The Kier molecular flexibility index (Phi) is 13.9. The first kappa shape index (κ1) is 9.36. The molecule has 0 aromatic carbocycles. The van der Waals surface area contributed by atoms with E-state index in [1.54, 1.807) is 0 Å². The summed E-state index contributed by atoms with van der Waals surface area (Å²) < 4.78 is 25.8. The zero-order valence-electron chi connectivity index (χ0n) is 2.50. The van der Waals surface area contributed by atoms with Gasteiger partial charge in [0.05, 0.1) is 0 Å². The molecule has 6 heteroatoms. The number of hydrogen-bond donors (Lipinski definition) is 2. The van der Waals surface area contributed by atoms with Crippen molar-refractivity contribution in [2.45, 2.75) is 0 Å². The average Bonchev–Trinajstić information content (AvgIpc) is 1.41. The van der Waals surface area contributed by atoms with Crippen molar-refractivity contribution in [2.24, 2.45) is 0 Å². The van der Waals surface area contributed by atoms with Crippen LogP contribution < -0.4 is 0 Å². The first-order valence-electron chi connectivity index (χ1n) is 0.663. The summed E-state index contributed by atoms with van der Waals surface area (Å²) in [5.41, 5.74) is 0. The van der Waals surface area contributed by atoms with Gasteiger partial charge in [-0.15, -0.1) is 0 Å². The van der Waals surface area contributed by atoms with E-state index >= 15 is 0 Å². The van der Waals surface area contributed by atoms with E-state index in [0.29, 0.717) is 0 Å². The molecule has 0 unspecified atom stereocenters. The Balaban J connectivity index is 0. The SMILES string of the molecule is OO.[O]=[Re](=[O])=[O]. The molecule has 0 heterocycles. The van der Waals surface area contributed by atoms with Gasteiger partial charge in [-0.05, 0) is 0 Å². The maximum absolute atomic E-state index is 8.60. The van der Waals surface area contributed by atoms with Crippen molar-refractivity contribution >= 4 is 0 Å². The maximum atomic E-state index is 8.60. The summed E-state index contributed by atoms with van der Waals surface area (Å²) in [6.45, 7) is 0. The van der Waals surface area contributed by atoms with Crippen LogP contribution in [-0.2, 0) is 27.0 Å². The summed E-state index contributed by atoms with van der Waals surface area (Å²) in [4.78, 5) is 0. The molecule has 39 valence electrons. The minimum atomic E-state index is -4.21. The Morgan fingerprint density at radius 1 is 1.00 bits per heavy atom. The van der Waals surface area contributed by atoms with Crippen LogP contribution in [0.4, 0.5) is 0 Å². The Hall–Kier alpha value is -0.0177. The van der Waals surface area contributed by atoms with Crippen molar-refractivity contribution in [1.29, 1.82) is 0 Å². The summed E-state index contributed by atoms with van der Waals surface area (Å²) in [7, 11) is 0. The Morgan fingerprint density at radius 3 is 1.00 bits per heavy atom. The molecule has 0 radical (unpaired) electrons. The van der Waals surface area contributed by atoms with E-state index in [1.165, 1.54) is 0 Å². The van der Waals surface area contributed by atoms with Crippen molar-refractivity contribution in [3.63, 3.8) is 0 Å². The molecule has 0 saturated carbocycles. The molecular weight excluding hydrogens is 266 g/mol. The molecule has 0 aliphatic rings. The van der Waals surface area contributed by atoms with Gasteiger partial charge in [0.2, 0.25) is 0 Å². The summed E-state index contributed by atoms with van der Waals surface area (Å²) in [6.07, 6.45) is 0.